The lowest BCUT2D eigenvalue weighted by Gasteiger charge is -2.22. The monoisotopic (exact) mass is 298 g/mol. The summed E-state index contributed by atoms with van der Waals surface area (Å²) in [5, 5.41) is 18.2. The Kier molecular flexibility index (Phi) is 3.46. The Morgan fingerprint density at radius 1 is 1.45 bits per heavy atom. The van der Waals surface area contributed by atoms with E-state index in [0.717, 1.165) is 10.9 Å². The molecular weight excluding hydrogens is 280 g/mol. The van der Waals surface area contributed by atoms with Crippen LogP contribution in [-0.2, 0) is 12.6 Å². The van der Waals surface area contributed by atoms with Crippen LogP contribution in [0.3, 0.4) is 0 Å². The Bertz CT molecular complexity index is 783. The average molecular weight is 298 g/mol. The first-order chi connectivity index (χ1) is 10.5. The SMILES string of the molecule is Cn1cc(C(C)(O)CNC(=O)c2cc3ccccc3[nH]2)cn1. The van der Waals surface area contributed by atoms with Crippen molar-refractivity contribution in [3.63, 3.8) is 0 Å². The van der Waals surface area contributed by atoms with Gasteiger partial charge in [0.1, 0.15) is 11.3 Å². The molecule has 0 saturated heterocycles. The third-order valence-corrected chi connectivity index (χ3v) is 3.69. The third kappa shape index (κ3) is 2.73. The minimum absolute atomic E-state index is 0.104. The van der Waals surface area contributed by atoms with Crippen LogP contribution in [0.5, 0.6) is 0 Å². The van der Waals surface area contributed by atoms with Gasteiger partial charge in [-0.1, -0.05) is 18.2 Å². The van der Waals surface area contributed by atoms with Crippen LogP contribution in [0.25, 0.3) is 10.9 Å². The summed E-state index contributed by atoms with van der Waals surface area (Å²) in [7, 11) is 1.78. The van der Waals surface area contributed by atoms with E-state index in [4.69, 9.17) is 0 Å². The highest BCUT2D eigenvalue weighted by Crippen LogP contribution is 2.19. The first-order valence-corrected chi connectivity index (χ1v) is 7.03. The highest BCUT2D eigenvalue weighted by atomic mass is 16.3. The molecule has 0 aliphatic heterocycles. The third-order valence-electron chi connectivity index (χ3n) is 3.69. The summed E-state index contributed by atoms with van der Waals surface area (Å²) >= 11 is 0. The second-order valence-electron chi connectivity index (χ2n) is 5.63. The molecule has 0 aliphatic rings. The molecule has 3 N–H and O–H groups in total. The summed E-state index contributed by atoms with van der Waals surface area (Å²) in [5.41, 5.74) is 0.873. The number of nitrogens with zero attached hydrogens (tertiary/aromatic N) is 2. The van der Waals surface area contributed by atoms with Crippen LogP contribution >= 0.6 is 0 Å². The number of aryl methyl sites for hydroxylation is 1. The lowest BCUT2D eigenvalue weighted by atomic mass is 10.00. The van der Waals surface area contributed by atoms with Crippen LogP contribution in [0.1, 0.15) is 23.0 Å². The Balaban J connectivity index is 1.71. The summed E-state index contributed by atoms with van der Waals surface area (Å²) in [4.78, 5) is 15.3. The number of rotatable bonds is 4. The number of aromatic amines is 1. The highest BCUT2D eigenvalue weighted by Gasteiger charge is 2.25. The second-order valence-corrected chi connectivity index (χ2v) is 5.63. The molecule has 1 unspecified atom stereocenters. The van der Waals surface area contributed by atoms with Crippen molar-refractivity contribution in [2.75, 3.05) is 6.54 Å². The fraction of sp³-hybridized carbons (Fsp3) is 0.250. The van der Waals surface area contributed by atoms with Gasteiger partial charge in [0.15, 0.2) is 0 Å². The Morgan fingerprint density at radius 3 is 2.91 bits per heavy atom. The number of hydrogen-bond donors (Lipinski definition) is 3. The number of amides is 1. The van der Waals surface area contributed by atoms with Gasteiger partial charge in [0.2, 0.25) is 0 Å². The molecule has 114 valence electrons. The van der Waals surface area contributed by atoms with E-state index in [9.17, 15) is 9.90 Å². The van der Waals surface area contributed by atoms with E-state index in [1.165, 1.54) is 0 Å². The topological polar surface area (TPSA) is 82.9 Å². The molecule has 1 aromatic carbocycles. The van der Waals surface area contributed by atoms with Crippen molar-refractivity contribution in [2.45, 2.75) is 12.5 Å². The lowest BCUT2D eigenvalue weighted by Crippen LogP contribution is -2.38. The predicted octanol–water partition coefficient (Wildman–Crippen LogP) is 1.54. The number of hydrogen-bond acceptors (Lipinski definition) is 3. The molecule has 0 aliphatic carbocycles. The quantitative estimate of drug-likeness (QED) is 0.683. The van der Waals surface area contributed by atoms with Crippen molar-refractivity contribution in [1.29, 1.82) is 0 Å². The maximum Gasteiger partial charge on any atom is 0.267 e. The van der Waals surface area contributed by atoms with Gasteiger partial charge >= 0.3 is 0 Å². The number of carbonyl (C=O) groups is 1. The molecule has 22 heavy (non-hydrogen) atoms. The van der Waals surface area contributed by atoms with Gasteiger partial charge in [-0.3, -0.25) is 9.48 Å². The zero-order chi connectivity index (χ0) is 15.7. The first kappa shape index (κ1) is 14.3. The van der Waals surface area contributed by atoms with Gasteiger partial charge in [-0.25, -0.2) is 0 Å². The molecule has 2 aromatic heterocycles. The van der Waals surface area contributed by atoms with E-state index in [1.807, 2.05) is 24.3 Å². The molecule has 2 heterocycles. The zero-order valence-electron chi connectivity index (χ0n) is 12.5. The summed E-state index contributed by atoms with van der Waals surface area (Å²) < 4.78 is 1.61. The number of H-pyrrole nitrogens is 1. The molecule has 1 amide bonds. The summed E-state index contributed by atoms with van der Waals surface area (Å²) in [6.07, 6.45) is 3.32. The van der Waals surface area contributed by atoms with Crippen LogP contribution < -0.4 is 5.32 Å². The zero-order valence-corrected chi connectivity index (χ0v) is 12.5. The van der Waals surface area contributed by atoms with E-state index in [1.54, 1.807) is 37.1 Å². The Labute approximate surface area is 127 Å². The predicted molar refractivity (Wildman–Crippen MR) is 83.4 cm³/mol. The summed E-state index contributed by atoms with van der Waals surface area (Å²) in [6.45, 7) is 1.75. The number of carbonyl (C=O) groups excluding carboxylic acids is 1. The van der Waals surface area contributed by atoms with Crippen molar-refractivity contribution in [1.82, 2.24) is 20.1 Å². The van der Waals surface area contributed by atoms with Crippen molar-refractivity contribution in [3.05, 3.63) is 54.0 Å². The van der Waals surface area contributed by atoms with E-state index >= 15 is 0 Å². The highest BCUT2D eigenvalue weighted by molar-refractivity contribution is 5.98. The van der Waals surface area contributed by atoms with Gasteiger partial charge in [0, 0.05) is 29.7 Å². The number of aromatic nitrogens is 3. The largest absolute Gasteiger partial charge is 0.383 e. The Hall–Kier alpha value is -2.60. The van der Waals surface area contributed by atoms with E-state index in [-0.39, 0.29) is 12.5 Å². The number of fused-ring (bicyclic) bond motifs is 1. The van der Waals surface area contributed by atoms with Crippen LogP contribution in [0.4, 0.5) is 0 Å². The van der Waals surface area contributed by atoms with Crippen molar-refractivity contribution < 1.29 is 9.90 Å². The van der Waals surface area contributed by atoms with Crippen LogP contribution in [-0.4, -0.2) is 32.3 Å². The molecule has 0 bridgehead atoms. The lowest BCUT2D eigenvalue weighted by molar-refractivity contribution is 0.0524. The molecule has 3 aromatic rings. The number of benzene rings is 1. The van der Waals surface area contributed by atoms with Crippen molar-refractivity contribution >= 4 is 16.8 Å². The maximum absolute atomic E-state index is 12.2. The fourth-order valence-corrected chi connectivity index (χ4v) is 2.34. The van der Waals surface area contributed by atoms with E-state index in [0.29, 0.717) is 11.3 Å². The van der Waals surface area contributed by atoms with Crippen molar-refractivity contribution in [2.24, 2.45) is 7.05 Å². The van der Waals surface area contributed by atoms with Gasteiger partial charge in [-0.15, -0.1) is 0 Å². The van der Waals surface area contributed by atoms with Crippen LogP contribution in [0, 0.1) is 0 Å². The summed E-state index contributed by atoms with van der Waals surface area (Å²) in [6, 6.07) is 9.48. The molecule has 0 saturated carbocycles. The second kappa shape index (κ2) is 5.31. The molecule has 0 radical (unpaired) electrons. The average Bonchev–Trinajstić information content (AvgIpc) is 3.11. The van der Waals surface area contributed by atoms with Gasteiger partial charge in [0.05, 0.1) is 12.7 Å². The molecule has 0 spiro atoms. The van der Waals surface area contributed by atoms with Crippen LogP contribution in [0.15, 0.2) is 42.7 Å². The molecule has 1 atom stereocenters. The van der Waals surface area contributed by atoms with Crippen LogP contribution in [0.2, 0.25) is 0 Å². The van der Waals surface area contributed by atoms with Gasteiger partial charge in [-0.2, -0.15) is 5.10 Å². The number of para-hydroxylation sites is 1. The molecule has 0 fully saturated rings. The van der Waals surface area contributed by atoms with E-state index < -0.39 is 5.60 Å². The Morgan fingerprint density at radius 2 is 2.23 bits per heavy atom. The summed E-state index contributed by atoms with van der Waals surface area (Å²) in [5.74, 6) is -0.250. The first-order valence-electron chi connectivity index (χ1n) is 7.03. The van der Waals surface area contributed by atoms with Gasteiger partial charge < -0.3 is 15.4 Å². The maximum atomic E-state index is 12.2. The number of nitrogens with one attached hydrogen (secondary N) is 2. The molecule has 3 rings (SSSR count). The normalized spacial score (nSPS) is 14.0. The van der Waals surface area contributed by atoms with E-state index in [2.05, 4.69) is 15.4 Å². The number of aliphatic hydroxyl groups is 1. The smallest absolute Gasteiger partial charge is 0.267 e. The van der Waals surface area contributed by atoms with Crippen molar-refractivity contribution in [3.8, 4) is 0 Å². The van der Waals surface area contributed by atoms with Gasteiger partial charge in [-0.05, 0) is 19.1 Å². The minimum Gasteiger partial charge on any atom is -0.383 e. The molecule has 6 heteroatoms. The molecule has 6 nitrogen and oxygen atoms in total. The fourth-order valence-electron chi connectivity index (χ4n) is 2.34. The molecular formula is C16H18N4O2. The van der Waals surface area contributed by atoms with Gasteiger partial charge in [0.25, 0.3) is 5.91 Å². The standard InChI is InChI=1S/C16H18N4O2/c1-16(22,12-8-18-20(2)9-12)10-17-15(21)14-7-11-5-3-4-6-13(11)19-14/h3-9,19,22H,10H2,1-2H3,(H,17,21). The minimum atomic E-state index is -1.17.